The minimum Gasteiger partial charge on any atom is -0.366 e. The number of para-hydroxylation sites is 1. The van der Waals surface area contributed by atoms with Gasteiger partial charge in [0.1, 0.15) is 0 Å². The lowest BCUT2D eigenvalue weighted by molar-refractivity contribution is -0.139. The highest BCUT2D eigenvalue weighted by atomic mass is 35.5. The summed E-state index contributed by atoms with van der Waals surface area (Å²) < 4.78 is 0. The van der Waals surface area contributed by atoms with Crippen molar-refractivity contribution in [2.75, 3.05) is 12.0 Å². The van der Waals surface area contributed by atoms with Gasteiger partial charge in [-0.15, -0.1) is 0 Å². The van der Waals surface area contributed by atoms with E-state index in [2.05, 4.69) is 17.5 Å². The first-order valence-corrected chi connectivity index (χ1v) is 8.56. The largest absolute Gasteiger partial charge is 0.366 e. The molecule has 6 rings (SSSR count). The van der Waals surface area contributed by atoms with Crippen LogP contribution in [0.1, 0.15) is 6.42 Å². The van der Waals surface area contributed by atoms with Crippen molar-refractivity contribution < 1.29 is 9.59 Å². The second-order valence-electron chi connectivity index (χ2n) is 7.07. The third-order valence-electron chi connectivity index (χ3n) is 6.06. The zero-order valence-corrected chi connectivity index (χ0v) is 13.2. The molecule has 118 valence electrons. The van der Waals surface area contributed by atoms with Gasteiger partial charge >= 0.3 is 0 Å². The number of carbonyl (C=O) groups is 2. The van der Waals surface area contributed by atoms with Gasteiger partial charge < -0.3 is 5.32 Å². The summed E-state index contributed by atoms with van der Waals surface area (Å²) in [5.41, 5.74) is 0.744. The summed E-state index contributed by atoms with van der Waals surface area (Å²) in [7, 11) is 0. The normalized spacial score (nSPS) is 39.4. The third-order valence-corrected chi connectivity index (χ3v) is 6.39. The van der Waals surface area contributed by atoms with Gasteiger partial charge in [0.2, 0.25) is 11.8 Å². The van der Waals surface area contributed by atoms with Crippen LogP contribution in [0.5, 0.6) is 0 Å². The van der Waals surface area contributed by atoms with E-state index in [1.165, 1.54) is 11.3 Å². The molecule has 1 N–H and O–H groups in total. The summed E-state index contributed by atoms with van der Waals surface area (Å²) in [5, 5.41) is 3.72. The molecule has 3 fully saturated rings. The summed E-state index contributed by atoms with van der Waals surface area (Å²) in [6.07, 6.45) is 5.57. The van der Waals surface area contributed by atoms with Crippen molar-refractivity contribution in [2.45, 2.75) is 6.42 Å². The predicted octanol–water partition coefficient (Wildman–Crippen LogP) is 2.76. The Bertz CT molecular complexity index is 710. The monoisotopic (exact) mass is 328 g/mol. The number of nitrogens with one attached hydrogen (secondary N) is 1. The molecular weight excluding hydrogens is 312 g/mol. The van der Waals surface area contributed by atoms with Crippen LogP contribution in [-0.2, 0) is 9.59 Å². The van der Waals surface area contributed by atoms with Crippen LogP contribution in [0.2, 0.25) is 5.02 Å². The molecule has 1 heterocycles. The summed E-state index contributed by atoms with van der Waals surface area (Å²) >= 11 is 6.12. The summed E-state index contributed by atoms with van der Waals surface area (Å²) in [6, 6.07) is 7.36. The first-order chi connectivity index (χ1) is 11.2. The lowest BCUT2D eigenvalue weighted by atomic mass is 9.63. The minimum absolute atomic E-state index is 0.00995. The molecule has 0 radical (unpaired) electrons. The fraction of sp³-hybridized carbons (Fsp3) is 0.444. The Labute approximate surface area is 139 Å². The highest BCUT2D eigenvalue weighted by Gasteiger charge is 2.66. The molecule has 4 aliphatic carbocycles. The maximum Gasteiger partial charge on any atom is 0.235 e. The van der Waals surface area contributed by atoms with E-state index in [0.29, 0.717) is 16.9 Å². The van der Waals surface area contributed by atoms with E-state index in [1.54, 1.807) is 6.07 Å². The topological polar surface area (TPSA) is 49.4 Å². The number of imide groups is 1. The Hall–Kier alpha value is -1.81. The fourth-order valence-electron chi connectivity index (χ4n) is 4.94. The van der Waals surface area contributed by atoms with Crippen LogP contribution in [-0.4, -0.2) is 23.4 Å². The van der Waals surface area contributed by atoms with E-state index in [-0.39, 0.29) is 42.2 Å². The van der Waals surface area contributed by atoms with Gasteiger partial charge in [-0.05, 0) is 42.2 Å². The molecule has 6 unspecified atom stereocenters. The zero-order valence-electron chi connectivity index (χ0n) is 12.5. The number of hydrogen-bond acceptors (Lipinski definition) is 3. The molecule has 2 bridgehead atoms. The summed E-state index contributed by atoms with van der Waals surface area (Å²) in [6.45, 7) is 0.198. The third kappa shape index (κ3) is 1.78. The average molecular weight is 329 g/mol. The number of rotatable bonds is 3. The first kappa shape index (κ1) is 13.6. The van der Waals surface area contributed by atoms with Gasteiger partial charge in [-0.2, -0.15) is 0 Å². The fourth-order valence-corrected chi connectivity index (χ4v) is 5.15. The van der Waals surface area contributed by atoms with E-state index in [9.17, 15) is 9.59 Å². The van der Waals surface area contributed by atoms with Crippen molar-refractivity contribution in [1.29, 1.82) is 0 Å². The summed E-state index contributed by atoms with van der Waals surface area (Å²) in [4.78, 5) is 27.0. The molecule has 2 amide bonds. The van der Waals surface area contributed by atoms with Crippen molar-refractivity contribution >= 4 is 29.1 Å². The lowest BCUT2D eigenvalue weighted by Crippen LogP contribution is -2.40. The maximum atomic E-state index is 12.8. The van der Waals surface area contributed by atoms with E-state index in [4.69, 9.17) is 11.6 Å². The number of nitrogens with zero attached hydrogens (tertiary/aromatic N) is 1. The van der Waals surface area contributed by atoms with Crippen LogP contribution in [0.15, 0.2) is 36.4 Å². The van der Waals surface area contributed by atoms with Crippen molar-refractivity contribution in [3.8, 4) is 0 Å². The molecule has 23 heavy (non-hydrogen) atoms. The number of allylic oxidation sites excluding steroid dienone is 2. The van der Waals surface area contributed by atoms with Gasteiger partial charge in [0.25, 0.3) is 0 Å². The molecule has 5 aliphatic rings. The second kappa shape index (κ2) is 4.60. The molecular formula is C18H17ClN2O2. The quantitative estimate of drug-likeness (QED) is 0.685. The predicted molar refractivity (Wildman–Crippen MR) is 86.5 cm³/mol. The number of likely N-dealkylation sites (tertiary alicyclic amines) is 1. The van der Waals surface area contributed by atoms with Crippen LogP contribution in [0, 0.1) is 35.5 Å². The van der Waals surface area contributed by atoms with E-state index in [0.717, 1.165) is 5.69 Å². The van der Waals surface area contributed by atoms with Gasteiger partial charge in [-0.3, -0.25) is 14.5 Å². The molecule has 0 spiro atoms. The van der Waals surface area contributed by atoms with E-state index >= 15 is 0 Å². The Morgan fingerprint density at radius 1 is 1.04 bits per heavy atom. The Morgan fingerprint density at radius 3 is 2.26 bits per heavy atom. The molecule has 1 saturated heterocycles. The van der Waals surface area contributed by atoms with Crippen LogP contribution in [0.4, 0.5) is 5.69 Å². The van der Waals surface area contributed by atoms with E-state index < -0.39 is 0 Å². The standard InChI is InChI=1S/C18H17ClN2O2/c19-13-3-1-2-4-14(13)20-8-21-17(22)15-9-5-6-10(12-7-11(9)12)16(15)18(21)23/h1-6,9-12,15-16,20H,7-8H2. The summed E-state index contributed by atoms with van der Waals surface area (Å²) in [5.74, 6) is 1.55. The van der Waals surface area contributed by atoms with Crippen LogP contribution in [0.3, 0.4) is 0 Å². The van der Waals surface area contributed by atoms with Crippen molar-refractivity contribution in [3.05, 3.63) is 41.4 Å². The van der Waals surface area contributed by atoms with Crippen LogP contribution in [0.25, 0.3) is 0 Å². The number of carbonyl (C=O) groups excluding carboxylic acids is 2. The molecule has 5 heteroatoms. The van der Waals surface area contributed by atoms with Gasteiger partial charge in [-0.25, -0.2) is 0 Å². The second-order valence-corrected chi connectivity index (χ2v) is 7.48. The average Bonchev–Trinajstić information content (AvgIpc) is 3.33. The minimum atomic E-state index is -0.130. The Balaban J connectivity index is 1.38. The van der Waals surface area contributed by atoms with Gasteiger partial charge in [-0.1, -0.05) is 35.9 Å². The number of amides is 2. The van der Waals surface area contributed by atoms with Gasteiger partial charge in [0.15, 0.2) is 0 Å². The lowest BCUT2D eigenvalue weighted by Gasteiger charge is -2.37. The number of hydrogen-bond donors (Lipinski definition) is 1. The SMILES string of the molecule is O=C1C2C3C=CC(C4CC34)C2C(=O)N1CNc1ccccc1Cl. The highest BCUT2D eigenvalue weighted by molar-refractivity contribution is 6.33. The molecule has 6 atom stereocenters. The zero-order chi connectivity index (χ0) is 15.7. The number of halogens is 1. The first-order valence-electron chi connectivity index (χ1n) is 8.19. The molecule has 1 aromatic carbocycles. The van der Waals surface area contributed by atoms with Crippen LogP contribution < -0.4 is 5.32 Å². The van der Waals surface area contributed by atoms with Crippen LogP contribution >= 0.6 is 11.6 Å². The Morgan fingerprint density at radius 2 is 1.65 bits per heavy atom. The number of benzene rings is 1. The van der Waals surface area contributed by atoms with Gasteiger partial charge in [0.05, 0.1) is 29.2 Å². The highest BCUT2D eigenvalue weighted by Crippen LogP contribution is 2.65. The van der Waals surface area contributed by atoms with Crippen molar-refractivity contribution in [1.82, 2.24) is 4.90 Å². The van der Waals surface area contributed by atoms with Crippen molar-refractivity contribution in [3.63, 3.8) is 0 Å². The van der Waals surface area contributed by atoms with Gasteiger partial charge in [0, 0.05) is 0 Å². The van der Waals surface area contributed by atoms with Crippen molar-refractivity contribution in [2.24, 2.45) is 35.5 Å². The molecule has 1 aromatic rings. The smallest absolute Gasteiger partial charge is 0.235 e. The molecule has 1 aliphatic heterocycles. The molecule has 2 saturated carbocycles. The Kier molecular flexibility index (Phi) is 2.72. The molecule has 0 aromatic heterocycles. The maximum absolute atomic E-state index is 12.8. The number of anilines is 1. The van der Waals surface area contributed by atoms with E-state index in [1.807, 2.05) is 18.2 Å². The molecule has 4 nitrogen and oxygen atoms in total.